The maximum absolute atomic E-state index is 12.6. The number of piperazine rings is 1. The quantitative estimate of drug-likeness (QED) is 0.616. The van der Waals surface area contributed by atoms with Gasteiger partial charge < -0.3 is 14.2 Å². The maximum atomic E-state index is 12.6. The average molecular weight is 364 g/mol. The zero-order valence-corrected chi connectivity index (χ0v) is 14.7. The predicted octanol–water partition coefficient (Wildman–Crippen LogP) is 3.50. The van der Waals surface area contributed by atoms with E-state index < -0.39 is 4.92 Å². The monoisotopic (exact) mass is 363 g/mol. The molecule has 1 fully saturated rings. The van der Waals surface area contributed by atoms with E-state index >= 15 is 0 Å². The van der Waals surface area contributed by atoms with Crippen molar-refractivity contribution in [1.29, 1.82) is 0 Å². The zero-order chi connectivity index (χ0) is 18.1. The number of nitro benzene ring substituents is 1. The van der Waals surface area contributed by atoms with Crippen LogP contribution in [0.25, 0.3) is 0 Å². The van der Waals surface area contributed by atoms with E-state index in [2.05, 4.69) is 0 Å². The summed E-state index contributed by atoms with van der Waals surface area (Å²) in [7, 11) is 0. The van der Waals surface area contributed by atoms with Gasteiger partial charge in [0, 0.05) is 43.4 Å². The van der Waals surface area contributed by atoms with Crippen LogP contribution in [0.3, 0.4) is 0 Å². The first kappa shape index (κ1) is 17.3. The van der Waals surface area contributed by atoms with Crippen molar-refractivity contribution in [3.63, 3.8) is 0 Å². The van der Waals surface area contributed by atoms with Gasteiger partial charge in [-0.1, -0.05) is 11.6 Å². The topological polar surface area (TPSA) is 79.8 Å². The number of hydrogen-bond acceptors (Lipinski definition) is 5. The molecular formula is C17H18ClN3O4. The predicted molar refractivity (Wildman–Crippen MR) is 94.3 cm³/mol. The van der Waals surface area contributed by atoms with Crippen LogP contribution in [0, 0.1) is 17.0 Å². The summed E-state index contributed by atoms with van der Waals surface area (Å²) in [6, 6.07) is 6.17. The van der Waals surface area contributed by atoms with E-state index in [4.69, 9.17) is 16.0 Å². The van der Waals surface area contributed by atoms with Gasteiger partial charge in [-0.3, -0.25) is 14.9 Å². The lowest BCUT2D eigenvalue weighted by atomic mass is 10.1. The number of non-ortho nitro benzene ring substituents is 1. The second kappa shape index (κ2) is 6.76. The lowest BCUT2D eigenvalue weighted by Crippen LogP contribution is -2.54. The van der Waals surface area contributed by atoms with Crippen LogP contribution in [0.4, 0.5) is 11.4 Å². The maximum Gasteiger partial charge on any atom is 0.290 e. The zero-order valence-electron chi connectivity index (χ0n) is 13.9. The van der Waals surface area contributed by atoms with E-state index in [0.29, 0.717) is 30.4 Å². The number of amides is 1. The molecule has 0 saturated carbocycles. The highest BCUT2D eigenvalue weighted by Crippen LogP contribution is 2.31. The Morgan fingerprint density at radius 2 is 2.12 bits per heavy atom. The van der Waals surface area contributed by atoms with Gasteiger partial charge in [-0.2, -0.15) is 0 Å². The highest BCUT2D eigenvalue weighted by molar-refractivity contribution is 6.33. The third kappa shape index (κ3) is 3.32. The minimum atomic E-state index is -0.472. The number of rotatable bonds is 3. The summed E-state index contributed by atoms with van der Waals surface area (Å²) < 4.78 is 5.30. The Hall–Kier alpha value is -2.54. The molecule has 8 heteroatoms. The number of carbonyl (C=O) groups is 1. The summed E-state index contributed by atoms with van der Waals surface area (Å²) in [5.41, 5.74) is 1.52. The Balaban J connectivity index is 1.75. The number of carbonyl (C=O) groups excluding carboxylic acids is 1. The molecule has 1 saturated heterocycles. The molecule has 1 amide bonds. The number of furan rings is 1. The first-order chi connectivity index (χ1) is 11.9. The molecule has 0 bridgehead atoms. The number of halogens is 1. The SMILES string of the molecule is Cc1ccoc1C(=O)N1CCN(c2ccc([N+](=O)[O-])cc2Cl)C[C@@H]1C. The lowest BCUT2D eigenvalue weighted by molar-refractivity contribution is -0.384. The molecule has 2 heterocycles. The standard InChI is InChI=1S/C17H18ClN3O4/c1-11-5-8-25-16(11)17(22)20-7-6-19(10-12(20)2)15-4-3-13(21(23)24)9-14(15)18/h3-5,8-9,12H,6-7,10H2,1-2H3/t12-/m0/s1. The molecule has 0 unspecified atom stereocenters. The van der Waals surface area contributed by atoms with Crippen LogP contribution in [0.5, 0.6) is 0 Å². The summed E-state index contributed by atoms with van der Waals surface area (Å²) in [6.07, 6.45) is 1.51. The molecule has 7 nitrogen and oxygen atoms in total. The Morgan fingerprint density at radius 1 is 1.36 bits per heavy atom. The fourth-order valence-electron chi connectivity index (χ4n) is 3.07. The van der Waals surface area contributed by atoms with E-state index in [1.807, 2.05) is 18.7 Å². The van der Waals surface area contributed by atoms with Gasteiger partial charge in [-0.15, -0.1) is 0 Å². The molecular weight excluding hydrogens is 346 g/mol. The third-order valence-corrected chi connectivity index (χ3v) is 4.73. The van der Waals surface area contributed by atoms with Crippen molar-refractivity contribution < 1.29 is 14.1 Å². The van der Waals surface area contributed by atoms with Crippen LogP contribution in [0.1, 0.15) is 23.0 Å². The fourth-order valence-corrected chi connectivity index (χ4v) is 3.36. The van der Waals surface area contributed by atoms with Crippen molar-refractivity contribution in [2.75, 3.05) is 24.5 Å². The molecule has 1 atom stereocenters. The summed E-state index contributed by atoms with van der Waals surface area (Å²) in [5, 5.41) is 11.2. The van der Waals surface area contributed by atoms with E-state index in [1.54, 1.807) is 17.0 Å². The molecule has 0 radical (unpaired) electrons. The number of hydrogen-bond donors (Lipinski definition) is 0. The van der Waals surface area contributed by atoms with Crippen molar-refractivity contribution in [2.45, 2.75) is 19.9 Å². The smallest absolute Gasteiger partial charge is 0.290 e. The van der Waals surface area contributed by atoms with Crippen molar-refractivity contribution >= 4 is 28.9 Å². The highest BCUT2D eigenvalue weighted by atomic mass is 35.5. The van der Waals surface area contributed by atoms with Crippen LogP contribution in [0.2, 0.25) is 5.02 Å². The summed E-state index contributed by atoms with van der Waals surface area (Å²) in [4.78, 5) is 26.8. The lowest BCUT2D eigenvalue weighted by Gasteiger charge is -2.41. The normalized spacial score (nSPS) is 17.6. The summed E-state index contributed by atoms with van der Waals surface area (Å²) in [5.74, 6) is 0.248. The Labute approximate surface area is 149 Å². The van der Waals surface area contributed by atoms with E-state index in [9.17, 15) is 14.9 Å². The minimum absolute atomic E-state index is 0.0380. The molecule has 2 aromatic rings. The first-order valence-corrected chi connectivity index (χ1v) is 8.30. The fraction of sp³-hybridized carbons (Fsp3) is 0.353. The van der Waals surface area contributed by atoms with Gasteiger partial charge in [0.25, 0.3) is 11.6 Å². The van der Waals surface area contributed by atoms with E-state index in [1.165, 1.54) is 18.4 Å². The molecule has 0 N–H and O–H groups in total. The number of benzene rings is 1. The number of anilines is 1. The molecule has 132 valence electrons. The number of nitrogens with zero attached hydrogens (tertiary/aromatic N) is 3. The van der Waals surface area contributed by atoms with Crippen molar-refractivity contribution in [3.05, 3.63) is 57.0 Å². The van der Waals surface area contributed by atoms with E-state index in [-0.39, 0.29) is 17.6 Å². The summed E-state index contributed by atoms with van der Waals surface area (Å²) in [6.45, 7) is 5.50. The van der Waals surface area contributed by atoms with Gasteiger partial charge >= 0.3 is 0 Å². The second-order valence-corrected chi connectivity index (χ2v) is 6.53. The first-order valence-electron chi connectivity index (χ1n) is 7.92. The molecule has 0 spiro atoms. The molecule has 25 heavy (non-hydrogen) atoms. The molecule has 1 aromatic heterocycles. The van der Waals surface area contributed by atoms with Crippen LogP contribution in [-0.2, 0) is 0 Å². The van der Waals surface area contributed by atoms with Crippen LogP contribution in [0.15, 0.2) is 34.9 Å². The van der Waals surface area contributed by atoms with Gasteiger partial charge in [0.05, 0.1) is 21.9 Å². The van der Waals surface area contributed by atoms with Crippen LogP contribution < -0.4 is 4.90 Å². The van der Waals surface area contributed by atoms with Crippen molar-refractivity contribution in [2.24, 2.45) is 0 Å². The molecule has 3 rings (SSSR count). The third-order valence-electron chi connectivity index (χ3n) is 4.43. The summed E-state index contributed by atoms with van der Waals surface area (Å²) >= 11 is 6.21. The average Bonchev–Trinajstić information content (AvgIpc) is 3.00. The Morgan fingerprint density at radius 3 is 2.68 bits per heavy atom. The van der Waals surface area contributed by atoms with Gasteiger partial charge in [0.1, 0.15) is 0 Å². The molecule has 0 aliphatic carbocycles. The van der Waals surface area contributed by atoms with Crippen LogP contribution in [-0.4, -0.2) is 41.4 Å². The van der Waals surface area contributed by atoms with Gasteiger partial charge in [0.15, 0.2) is 5.76 Å². The van der Waals surface area contributed by atoms with Gasteiger partial charge in [-0.25, -0.2) is 0 Å². The second-order valence-electron chi connectivity index (χ2n) is 6.12. The van der Waals surface area contributed by atoms with E-state index in [0.717, 1.165) is 11.3 Å². The van der Waals surface area contributed by atoms with Gasteiger partial charge in [0.2, 0.25) is 0 Å². The number of aryl methyl sites for hydroxylation is 1. The Bertz CT molecular complexity index is 820. The molecule has 1 aliphatic heterocycles. The van der Waals surface area contributed by atoms with Gasteiger partial charge in [-0.05, 0) is 26.0 Å². The highest BCUT2D eigenvalue weighted by Gasteiger charge is 2.31. The molecule has 1 aliphatic rings. The van der Waals surface area contributed by atoms with Crippen LogP contribution >= 0.6 is 11.6 Å². The minimum Gasteiger partial charge on any atom is -0.459 e. The molecule has 1 aromatic carbocycles. The van der Waals surface area contributed by atoms with Crippen molar-refractivity contribution in [3.8, 4) is 0 Å². The largest absolute Gasteiger partial charge is 0.459 e. The number of nitro groups is 1. The van der Waals surface area contributed by atoms with Crippen molar-refractivity contribution in [1.82, 2.24) is 4.90 Å². The Kier molecular flexibility index (Phi) is 4.67.